The molecule has 1 rings (SSSR count). The van der Waals surface area contributed by atoms with Crippen molar-refractivity contribution in [2.75, 3.05) is 18.8 Å². The van der Waals surface area contributed by atoms with Crippen LogP contribution in [0.4, 0.5) is 0 Å². The number of unbranched alkanes of at least 4 members (excludes halogenated alkanes) is 1. The maximum absolute atomic E-state index is 2.48. The highest BCUT2D eigenvalue weighted by Gasteiger charge is 2.10. The summed E-state index contributed by atoms with van der Waals surface area (Å²) in [5, 5.41) is 0. The Balaban J connectivity index is 1.91. The van der Waals surface area contributed by atoms with Gasteiger partial charge in [-0.2, -0.15) is 11.6 Å². The first-order chi connectivity index (χ1) is 5.93. The lowest BCUT2D eigenvalue weighted by Gasteiger charge is -2.25. The molecule has 1 nitrogen and oxygen atoms in total. The van der Waals surface area contributed by atoms with E-state index in [-0.39, 0.29) is 0 Å². The summed E-state index contributed by atoms with van der Waals surface area (Å²) in [6.45, 7) is 7.18. The number of hydrogen-bond acceptors (Lipinski definition) is 2. The van der Waals surface area contributed by atoms with Gasteiger partial charge in [-0.05, 0) is 38.1 Å². The molecule has 0 aliphatic carbocycles. The molecule has 69 valence electrons. The summed E-state index contributed by atoms with van der Waals surface area (Å²) in [6, 6.07) is 0. The van der Waals surface area contributed by atoms with Gasteiger partial charge in [0.25, 0.3) is 6.69 Å². The van der Waals surface area contributed by atoms with E-state index in [1.54, 1.807) is 0 Å². The van der Waals surface area contributed by atoms with Crippen LogP contribution in [0.1, 0.15) is 39.0 Å². The van der Waals surface area contributed by atoms with E-state index >= 15 is 0 Å². The van der Waals surface area contributed by atoms with E-state index in [0.717, 1.165) is 0 Å². The first kappa shape index (κ1) is 10.5. The Morgan fingerprint density at radius 3 is 2.67 bits per heavy atom. The van der Waals surface area contributed by atoms with Crippen molar-refractivity contribution in [2.45, 2.75) is 39.0 Å². The molecule has 1 radical (unpaired) electrons. The average molecular weight is 184 g/mol. The Morgan fingerprint density at radius 2 is 2.00 bits per heavy atom. The SMILES string of the molecule is CCCCS[B]N1CCCCC1. The largest absolute Gasteiger partial charge is 0.337 e. The van der Waals surface area contributed by atoms with Gasteiger partial charge >= 0.3 is 0 Å². The molecule has 0 aromatic carbocycles. The van der Waals surface area contributed by atoms with E-state index < -0.39 is 0 Å². The van der Waals surface area contributed by atoms with E-state index in [2.05, 4.69) is 18.4 Å². The van der Waals surface area contributed by atoms with Crippen molar-refractivity contribution >= 4 is 18.3 Å². The maximum atomic E-state index is 2.48. The number of nitrogens with zero attached hydrogens (tertiary/aromatic N) is 1. The summed E-state index contributed by atoms with van der Waals surface area (Å²) in [5.74, 6) is 1.30. The zero-order valence-corrected chi connectivity index (χ0v) is 8.91. The standard InChI is InChI=1S/C9H19BNS/c1-2-3-9-12-10-11-7-5-4-6-8-11/h2-9H2,1H3. The first-order valence-corrected chi connectivity index (χ1v) is 6.17. The van der Waals surface area contributed by atoms with Crippen LogP contribution < -0.4 is 0 Å². The third-order valence-corrected chi connectivity index (χ3v) is 3.20. The van der Waals surface area contributed by atoms with Gasteiger partial charge < -0.3 is 4.81 Å². The van der Waals surface area contributed by atoms with Crippen molar-refractivity contribution in [1.29, 1.82) is 0 Å². The van der Waals surface area contributed by atoms with Gasteiger partial charge in [0, 0.05) is 0 Å². The lowest BCUT2D eigenvalue weighted by atomic mass is 10.1. The van der Waals surface area contributed by atoms with Gasteiger partial charge in [0.2, 0.25) is 0 Å². The van der Waals surface area contributed by atoms with Gasteiger partial charge in [0.05, 0.1) is 0 Å². The third-order valence-electron chi connectivity index (χ3n) is 2.23. The maximum Gasteiger partial charge on any atom is 0.288 e. The minimum Gasteiger partial charge on any atom is -0.337 e. The van der Waals surface area contributed by atoms with Crippen LogP contribution in [0.2, 0.25) is 0 Å². The number of hydrogen-bond donors (Lipinski definition) is 0. The molecule has 3 heteroatoms. The smallest absolute Gasteiger partial charge is 0.288 e. The molecule has 0 aromatic heterocycles. The van der Waals surface area contributed by atoms with E-state index in [9.17, 15) is 0 Å². The average Bonchev–Trinajstić information content (AvgIpc) is 2.14. The Bertz CT molecular complexity index is 105. The van der Waals surface area contributed by atoms with Gasteiger partial charge in [0.15, 0.2) is 0 Å². The summed E-state index contributed by atoms with van der Waals surface area (Å²) in [5.41, 5.74) is 0. The molecule has 0 saturated carbocycles. The zero-order chi connectivity index (χ0) is 8.65. The zero-order valence-electron chi connectivity index (χ0n) is 8.09. The van der Waals surface area contributed by atoms with Crippen LogP contribution in [0.25, 0.3) is 0 Å². The summed E-state index contributed by atoms with van der Waals surface area (Å²) in [7, 11) is 0. The second-order valence-corrected chi connectivity index (χ2v) is 4.38. The van der Waals surface area contributed by atoms with E-state index in [0.29, 0.717) is 0 Å². The molecule has 1 aliphatic rings. The topological polar surface area (TPSA) is 3.24 Å². The van der Waals surface area contributed by atoms with Crippen LogP contribution in [0, 0.1) is 0 Å². The number of rotatable bonds is 5. The molecule has 1 aliphatic heterocycles. The molecule has 12 heavy (non-hydrogen) atoms. The van der Waals surface area contributed by atoms with Gasteiger partial charge in [-0.25, -0.2) is 0 Å². The predicted octanol–water partition coefficient (Wildman–Crippen LogP) is 2.54. The molecule has 0 spiro atoms. The van der Waals surface area contributed by atoms with Crippen molar-refractivity contribution in [3.63, 3.8) is 0 Å². The lowest BCUT2D eigenvalue weighted by molar-refractivity contribution is 0.365. The summed E-state index contributed by atoms with van der Waals surface area (Å²) in [6.07, 6.45) is 6.90. The molecular weight excluding hydrogens is 165 g/mol. The van der Waals surface area contributed by atoms with Gasteiger partial charge in [-0.15, -0.1) is 0 Å². The van der Waals surface area contributed by atoms with Gasteiger partial charge in [-0.3, -0.25) is 0 Å². The van der Waals surface area contributed by atoms with Crippen molar-refractivity contribution in [3.8, 4) is 0 Å². The molecule has 0 bridgehead atoms. The molecule has 0 atom stereocenters. The van der Waals surface area contributed by atoms with E-state index in [1.165, 1.54) is 50.9 Å². The normalized spacial score (nSPS) is 19.4. The highest BCUT2D eigenvalue weighted by molar-refractivity contribution is 8.22. The molecule has 1 heterocycles. The van der Waals surface area contributed by atoms with Crippen LogP contribution in [-0.2, 0) is 0 Å². The fourth-order valence-electron chi connectivity index (χ4n) is 1.41. The van der Waals surface area contributed by atoms with Crippen molar-refractivity contribution in [1.82, 2.24) is 4.81 Å². The van der Waals surface area contributed by atoms with Gasteiger partial charge in [0.1, 0.15) is 0 Å². The number of piperidine rings is 1. The monoisotopic (exact) mass is 184 g/mol. The molecule has 0 amide bonds. The summed E-state index contributed by atoms with van der Waals surface area (Å²) < 4.78 is 0. The second-order valence-electron chi connectivity index (χ2n) is 3.43. The van der Waals surface area contributed by atoms with Crippen LogP contribution >= 0.6 is 11.6 Å². The minimum atomic E-state index is 1.29. The predicted molar refractivity (Wildman–Crippen MR) is 58.5 cm³/mol. The summed E-state index contributed by atoms with van der Waals surface area (Å²) >= 11 is 1.99. The Morgan fingerprint density at radius 1 is 1.25 bits per heavy atom. The van der Waals surface area contributed by atoms with Crippen molar-refractivity contribution < 1.29 is 0 Å². The van der Waals surface area contributed by atoms with Crippen LogP contribution in [0.3, 0.4) is 0 Å². The molecular formula is C9H19BNS. The van der Waals surface area contributed by atoms with E-state index in [4.69, 9.17) is 0 Å². The second kappa shape index (κ2) is 6.84. The fourth-order valence-corrected chi connectivity index (χ4v) is 2.39. The van der Waals surface area contributed by atoms with Crippen LogP contribution in [-0.4, -0.2) is 30.3 Å². The van der Waals surface area contributed by atoms with Crippen molar-refractivity contribution in [2.24, 2.45) is 0 Å². The lowest BCUT2D eigenvalue weighted by Crippen LogP contribution is -2.31. The Hall–Kier alpha value is 0.375. The third kappa shape index (κ3) is 4.41. The Labute approximate surface area is 81.4 Å². The highest BCUT2D eigenvalue weighted by Crippen LogP contribution is 2.11. The molecule has 1 fully saturated rings. The first-order valence-electron chi connectivity index (χ1n) is 5.12. The highest BCUT2D eigenvalue weighted by atomic mass is 32.2. The minimum absolute atomic E-state index is 1.29. The quantitative estimate of drug-likeness (QED) is 0.477. The summed E-state index contributed by atoms with van der Waals surface area (Å²) in [4.78, 5) is 2.48. The van der Waals surface area contributed by atoms with Crippen LogP contribution in [0.5, 0.6) is 0 Å². The van der Waals surface area contributed by atoms with Gasteiger partial charge in [-0.1, -0.05) is 19.8 Å². The molecule has 0 N–H and O–H groups in total. The fraction of sp³-hybridized carbons (Fsp3) is 1.00. The molecule has 1 saturated heterocycles. The van der Waals surface area contributed by atoms with Crippen molar-refractivity contribution in [3.05, 3.63) is 0 Å². The molecule has 0 unspecified atom stereocenters. The van der Waals surface area contributed by atoms with Crippen LogP contribution in [0.15, 0.2) is 0 Å². The Kier molecular flexibility index (Phi) is 5.96. The molecule has 0 aromatic rings. The van der Waals surface area contributed by atoms with E-state index in [1.807, 2.05) is 11.6 Å².